The fraction of sp³-hybridized carbons (Fsp3) is 0.580. The lowest BCUT2D eigenvalue weighted by Crippen LogP contribution is -2.62. The molecule has 4 heterocycles. The number of ether oxygens (including phenoxy) is 1. The predicted octanol–water partition coefficient (Wildman–Crippen LogP) is 2.01. The first-order valence-corrected chi connectivity index (χ1v) is 26.6. The highest BCUT2D eigenvalue weighted by atomic mass is 32.2. The number of primary amides is 1. The average molecular weight is 1020 g/mol. The van der Waals surface area contributed by atoms with E-state index in [-0.39, 0.29) is 86.5 Å². The van der Waals surface area contributed by atoms with Crippen molar-refractivity contribution in [3.8, 4) is 0 Å². The lowest BCUT2D eigenvalue weighted by Gasteiger charge is -2.39. The number of nitrogens with one attached hydrogen (secondary N) is 4. The van der Waals surface area contributed by atoms with Gasteiger partial charge in [-0.2, -0.15) is 0 Å². The van der Waals surface area contributed by atoms with Crippen LogP contribution in [-0.4, -0.2) is 124 Å². The quantitative estimate of drug-likeness (QED) is 0.137. The fourth-order valence-corrected chi connectivity index (χ4v) is 11.2. The number of rotatable bonds is 15. The van der Waals surface area contributed by atoms with Gasteiger partial charge in [-0.15, -0.1) is 0 Å². The molecule has 21 nitrogen and oxygen atoms in total. The van der Waals surface area contributed by atoms with Gasteiger partial charge >= 0.3 is 11.8 Å². The third kappa shape index (κ3) is 12.9. The minimum absolute atomic E-state index is 0.00756. The molecule has 390 valence electrons. The van der Waals surface area contributed by atoms with Crippen molar-refractivity contribution in [1.82, 2.24) is 40.2 Å². The number of benzene rings is 2. The predicted molar refractivity (Wildman–Crippen MR) is 262 cm³/mol. The topological polar surface area (TPSA) is 287 Å². The van der Waals surface area contributed by atoms with E-state index < -0.39 is 81.3 Å². The van der Waals surface area contributed by atoms with Crippen LogP contribution in [-0.2, 0) is 68.1 Å². The zero-order valence-electron chi connectivity index (χ0n) is 41.6. The normalized spacial score (nSPS) is 23.3. The number of nitrogens with two attached hydrogens (primary N) is 1. The standard InChI is InChI=1S/C50H67N9O12S/c1-50(2,3)71-48(67)54-36-28-57(43(62)26-30-8-6-29(7-9-30)24-32-12-17-37-40(25-32)56(4)49(68)59(37)39-19-21-42(61)55-46(39)65)23-22-33-13-18-38(58(33)47(36)66)45(64)53-35(16-20-41(51)60)44(63)52-27-31-10-14-34(15-11-31)72(5,69)70/h10-12,14-15,17,25,29-30,33,35-36,38-39H,6-9,13,16,18-24,26-28H2,1-5H3,(H2,51,60)(H,52,63)(H,53,64)(H,54,67)(H,55,61,65)/t29-,30+,33-,35+,36+,38+,39?/m1/s1. The molecule has 7 rings (SSSR count). The van der Waals surface area contributed by atoms with Crippen LogP contribution in [0.2, 0.25) is 0 Å². The van der Waals surface area contributed by atoms with Crippen LogP contribution in [0.15, 0.2) is 52.2 Å². The van der Waals surface area contributed by atoms with E-state index in [1.165, 1.54) is 26.2 Å². The Kier molecular flexibility index (Phi) is 16.3. The third-order valence-electron chi connectivity index (χ3n) is 14.3. The van der Waals surface area contributed by atoms with Gasteiger partial charge in [-0.1, -0.05) is 18.2 Å². The van der Waals surface area contributed by atoms with E-state index in [1.54, 1.807) is 44.9 Å². The maximum absolute atomic E-state index is 14.6. The van der Waals surface area contributed by atoms with Crippen molar-refractivity contribution in [3.63, 3.8) is 0 Å². The van der Waals surface area contributed by atoms with Crippen molar-refractivity contribution in [2.24, 2.45) is 24.6 Å². The second kappa shape index (κ2) is 22.0. The highest BCUT2D eigenvalue weighted by Crippen LogP contribution is 2.35. The van der Waals surface area contributed by atoms with Crippen LogP contribution >= 0.6 is 0 Å². The molecule has 2 aromatic carbocycles. The van der Waals surface area contributed by atoms with Crippen LogP contribution < -0.4 is 32.7 Å². The first kappa shape index (κ1) is 53.2. The van der Waals surface area contributed by atoms with E-state index in [9.17, 15) is 51.6 Å². The number of nitrogens with zero attached hydrogens (tertiary/aromatic N) is 4. The average Bonchev–Trinajstić information content (AvgIpc) is 3.84. The van der Waals surface area contributed by atoms with Crippen molar-refractivity contribution >= 4 is 68.3 Å². The van der Waals surface area contributed by atoms with Crippen molar-refractivity contribution < 1.29 is 51.5 Å². The largest absolute Gasteiger partial charge is 0.444 e. The summed E-state index contributed by atoms with van der Waals surface area (Å²) in [5.74, 6) is -3.08. The summed E-state index contributed by atoms with van der Waals surface area (Å²) in [4.78, 5) is 122. The highest BCUT2D eigenvalue weighted by Gasteiger charge is 2.46. The SMILES string of the molecule is Cn1c(=O)n(C2CCC(=O)NC2=O)c2ccc(C[C@H]3CC[C@@H](CC(=O)N4CC[C@H]5CC[C@@H](C(=O)N[C@@H](CCC(N)=O)C(=O)NCc6ccc(S(C)(=O)=O)cc6)N5C(=O)[C@@H](NC(=O)OC(C)(C)C)C4)CC3)cc21. The summed E-state index contributed by atoms with van der Waals surface area (Å²) in [6.07, 6.45) is 5.66. The van der Waals surface area contributed by atoms with Crippen molar-refractivity contribution in [3.05, 3.63) is 64.1 Å². The molecule has 1 saturated carbocycles. The van der Waals surface area contributed by atoms with Gasteiger partial charge < -0.3 is 36.2 Å². The van der Waals surface area contributed by atoms with E-state index in [0.29, 0.717) is 35.4 Å². The van der Waals surface area contributed by atoms with Crippen LogP contribution in [0, 0.1) is 11.8 Å². The van der Waals surface area contributed by atoms with Crippen LogP contribution in [0.25, 0.3) is 11.0 Å². The van der Waals surface area contributed by atoms with Gasteiger partial charge in [0.15, 0.2) is 9.84 Å². The molecule has 3 aromatic rings. The Labute approximate surface area is 418 Å². The van der Waals surface area contributed by atoms with Crippen molar-refractivity contribution in [2.75, 3.05) is 19.3 Å². The smallest absolute Gasteiger partial charge is 0.408 e. The van der Waals surface area contributed by atoms with Gasteiger partial charge in [0.1, 0.15) is 29.8 Å². The Hall–Kier alpha value is -6.58. The summed E-state index contributed by atoms with van der Waals surface area (Å²) in [7, 11) is -1.76. The Balaban J connectivity index is 0.981. The molecule has 3 aliphatic heterocycles. The number of amides is 8. The zero-order valence-corrected chi connectivity index (χ0v) is 42.4. The van der Waals surface area contributed by atoms with Crippen LogP contribution in [0.1, 0.15) is 115 Å². The third-order valence-corrected chi connectivity index (χ3v) is 15.4. The summed E-state index contributed by atoms with van der Waals surface area (Å²) in [5.41, 5.74) is 7.16. The van der Waals surface area contributed by atoms with Gasteiger partial charge in [0.25, 0.3) is 0 Å². The number of hydrogen-bond acceptors (Lipinski definition) is 12. The molecule has 1 aromatic heterocycles. The molecule has 5 atom stereocenters. The Morgan fingerprint density at radius 2 is 1.56 bits per heavy atom. The number of carbonyl (C=O) groups is 8. The minimum Gasteiger partial charge on any atom is -0.444 e. The minimum atomic E-state index is -3.43. The first-order valence-electron chi connectivity index (χ1n) is 24.7. The number of carbonyl (C=O) groups excluding carboxylic acids is 8. The molecule has 4 fully saturated rings. The van der Waals surface area contributed by atoms with Crippen molar-refractivity contribution in [2.45, 2.75) is 151 Å². The van der Waals surface area contributed by atoms with Gasteiger partial charge in [0.05, 0.1) is 22.5 Å². The maximum atomic E-state index is 14.6. The molecule has 6 N–H and O–H groups in total. The van der Waals surface area contributed by atoms with Gasteiger partial charge in [-0.3, -0.25) is 48.0 Å². The second-order valence-electron chi connectivity index (χ2n) is 20.8. The van der Waals surface area contributed by atoms with Crippen molar-refractivity contribution in [1.29, 1.82) is 0 Å². The molecule has 4 aliphatic rings. The summed E-state index contributed by atoms with van der Waals surface area (Å²) >= 11 is 0. The zero-order chi connectivity index (χ0) is 52.2. The molecule has 0 bridgehead atoms. The van der Waals surface area contributed by atoms with E-state index >= 15 is 0 Å². The monoisotopic (exact) mass is 1020 g/mol. The van der Waals surface area contributed by atoms with Gasteiger partial charge in [-0.05, 0) is 132 Å². The van der Waals surface area contributed by atoms with E-state index in [4.69, 9.17) is 10.5 Å². The van der Waals surface area contributed by atoms with Crippen LogP contribution in [0.5, 0.6) is 0 Å². The molecule has 1 unspecified atom stereocenters. The molecule has 3 saturated heterocycles. The molecule has 8 amide bonds. The summed E-state index contributed by atoms with van der Waals surface area (Å²) in [5, 5.41) is 10.5. The van der Waals surface area contributed by atoms with Crippen LogP contribution in [0.4, 0.5) is 4.79 Å². The molecule has 22 heteroatoms. The number of aromatic nitrogens is 2. The number of imide groups is 1. The number of sulfone groups is 1. The van der Waals surface area contributed by atoms with Gasteiger partial charge in [0, 0.05) is 51.7 Å². The molecule has 0 spiro atoms. The number of fused-ring (bicyclic) bond motifs is 2. The summed E-state index contributed by atoms with van der Waals surface area (Å²) in [6.45, 7) is 5.13. The Morgan fingerprint density at radius 3 is 2.21 bits per heavy atom. The number of piperidine rings is 1. The van der Waals surface area contributed by atoms with E-state index in [0.717, 1.165) is 43.9 Å². The second-order valence-corrected chi connectivity index (χ2v) is 22.8. The van der Waals surface area contributed by atoms with Gasteiger partial charge in [-0.25, -0.2) is 18.0 Å². The lowest BCUT2D eigenvalue weighted by molar-refractivity contribution is -0.146. The number of alkyl carbamates (subject to hydrolysis) is 1. The number of imidazole rings is 1. The van der Waals surface area contributed by atoms with Crippen LogP contribution in [0.3, 0.4) is 0 Å². The molecular formula is C50H67N9O12S. The summed E-state index contributed by atoms with van der Waals surface area (Å²) < 4.78 is 32.3. The van der Waals surface area contributed by atoms with E-state index in [2.05, 4.69) is 21.3 Å². The Bertz CT molecular complexity index is 2770. The fourth-order valence-electron chi connectivity index (χ4n) is 10.5. The molecule has 72 heavy (non-hydrogen) atoms. The maximum Gasteiger partial charge on any atom is 0.408 e. The number of hydrogen-bond donors (Lipinski definition) is 5. The Morgan fingerprint density at radius 1 is 0.875 bits per heavy atom. The molecule has 1 aliphatic carbocycles. The lowest BCUT2D eigenvalue weighted by atomic mass is 9.78. The van der Waals surface area contributed by atoms with Gasteiger partial charge in [0.2, 0.25) is 41.4 Å². The van der Waals surface area contributed by atoms with E-state index in [1.807, 2.05) is 18.2 Å². The molecular weight excluding hydrogens is 951 g/mol. The molecule has 0 radical (unpaired) electrons. The summed E-state index contributed by atoms with van der Waals surface area (Å²) in [6, 6.07) is 6.99. The number of aryl methyl sites for hydroxylation is 1. The first-order chi connectivity index (χ1) is 33.9. The highest BCUT2D eigenvalue weighted by molar-refractivity contribution is 7.90.